The van der Waals surface area contributed by atoms with Crippen molar-refractivity contribution in [3.63, 3.8) is 0 Å². The van der Waals surface area contributed by atoms with Crippen molar-refractivity contribution in [2.24, 2.45) is 0 Å². The maximum Gasteiger partial charge on any atom is 0.143 e. The Kier molecular flexibility index (Phi) is 7.44. The van der Waals surface area contributed by atoms with Crippen molar-refractivity contribution in [1.29, 1.82) is 0 Å². The van der Waals surface area contributed by atoms with Crippen LogP contribution in [0.25, 0.3) is 0 Å². The Morgan fingerprint density at radius 2 is 1.00 bits per heavy atom. The highest BCUT2D eigenvalue weighted by atomic mass is 35.5. The van der Waals surface area contributed by atoms with Gasteiger partial charge in [0.25, 0.3) is 0 Å². The number of anilines is 2. The smallest absolute Gasteiger partial charge is 0.143 e. The van der Waals surface area contributed by atoms with E-state index < -0.39 is 5.60 Å². The third-order valence-electron chi connectivity index (χ3n) is 6.39. The number of aryl methyl sites for hydroxylation is 4. The van der Waals surface area contributed by atoms with Crippen LogP contribution in [-0.4, -0.2) is 5.11 Å². The second kappa shape index (κ2) is 9.74. The Balaban J connectivity index is 2.48. The van der Waals surface area contributed by atoms with Crippen molar-refractivity contribution in [2.75, 3.05) is 11.5 Å². The summed E-state index contributed by atoms with van der Waals surface area (Å²) in [6.45, 7) is 8.24. The fraction of sp³-hybridized carbons (Fsp3) is 0.333. The van der Waals surface area contributed by atoms with Gasteiger partial charge in [0.05, 0.1) is 0 Å². The molecule has 170 valence electrons. The van der Waals surface area contributed by atoms with Gasteiger partial charge < -0.3 is 16.6 Å². The Bertz CT molecular complexity index is 1010. The lowest BCUT2D eigenvalue weighted by atomic mass is 9.77. The average molecular weight is 471 g/mol. The molecule has 0 aliphatic carbocycles. The first kappa shape index (κ1) is 24.4. The van der Waals surface area contributed by atoms with Gasteiger partial charge in [0, 0.05) is 27.0 Å². The predicted molar refractivity (Wildman–Crippen MR) is 138 cm³/mol. The normalized spacial score (nSPS) is 11.7. The van der Waals surface area contributed by atoms with Crippen molar-refractivity contribution in [3.8, 4) is 0 Å². The summed E-state index contributed by atoms with van der Waals surface area (Å²) in [6, 6.07) is 13.2. The van der Waals surface area contributed by atoms with Crippen LogP contribution in [0, 0.1) is 0 Å². The van der Waals surface area contributed by atoms with E-state index >= 15 is 0 Å². The van der Waals surface area contributed by atoms with E-state index in [-0.39, 0.29) is 0 Å². The van der Waals surface area contributed by atoms with Crippen molar-refractivity contribution in [2.45, 2.75) is 59.0 Å². The Hall–Kier alpha value is -2.20. The molecule has 3 aromatic rings. The maximum absolute atomic E-state index is 12.6. The average Bonchev–Trinajstić information content (AvgIpc) is 2.78. The van der Waals surface area contributed by atoms with Crippen LogP contribution in [0.1, 0.15) is 66.6 Å². The van der Waals surface area contributed by atoms with Crippen LogP contribution in [0.2, 0.25) is 10.0 Å². The first-order valence-corrected chi connectivity index (χ1v) is 12.0. The molecule has 0 saturated heterocycles. The third kappa shape index (κ3) is 4.10. The summed E-state index contributed by atoms with van der Waals surface area (Å²) >= 11 is 13.4. The van der Waals surface area contributed by atoms with Crippen LogP contribution in [0.3, 0.4) is 0 Å². The Morgan fingerprint density at radius 3 is 1.28 bits per heavy atom. The molecular weight excluding hydrogens is 439 g/mol. The summed E-state index contributed by atoms with van der Waals surface area (Å²) in [5.74, 6) is 0. The van der Waals surface area contributed by atoms with Gasteiger partial charge in [0.15, 0.2) is 0 Å². The molecule has 0 aliphatic rings. The Morgan fingerprint density at radius 1 is 0.688 bits per heavy atom. The van der Waals surface area contributed by atoms with Gasteiger partial charge in [-0.25, -0.2) is 0 Å². The van der Waals surface area contributed by atoms with E-state index in [4.69, 9.17) is 34.7 Å². The highest BCUT2D eigenvalue weighted by molar-refractivity contribution is 6.36. The van der Waals surface area contributed by atoms with E-state index in [1.807, 2.05) is 24.3 Å². The summed E-state index contributed by atoms with van der Waals surface area (Å²) in [7, 11) is 0. The van der Waals surface area contributed by atoms with E-state index in [0.717, 1.165) is 59.3 Å². The zero-order valence-electron chi connectivity index (χ0n) is 19.2. The fourth-order valence-electron chi connectivity index (χ4n) is 4.44. The van der Waals surface area contributed by atoms with Crippen molar-refractivity contribution in [3.05, 3.63) is 91.5 Å². The molecule has 0 bridgehead atoms. The molecule has 0 heterocycles. The molecular formula is C27H32Cl2N2O. The zero-order valence-corrected chi connectivity index (χ0v) is 20.7. The number of benzene rings is 3. The monoisotopic (exact) mass is 470 g/mol. The van der Waals surface area contributed by atoms with Gasteiger partial charge in [0.1, 0.15) is 5.60 Å². The van der Waals surface area contributed by atoms with E-state index in [1.165, 1.54) is 0 Å². The van der Waals surface area contributed by atoms with Crippen molar-refractivity contribution in [1.82, 2.24) is 0 Å². The van der Waals surface area contributed by atoms with Gasteiger partial charge in [-0.3, -0.25) is 0 Å². The van der Waals surface area contributed by atoms with E-state index in [2.05, 4.69) is 27.7 Å². The van der Waals surface area contributed by atoms with E-state index in [9.17, 15) is 5.11 Å². The summed E-state index contributed by atoms with van der Waals surface area (Å²) in [4.78, 5) is 0. The SMILES string of the molecule is CCc1cc(C(O)(c2cc(CC)c(N)c(CC)c2)c2c(Cl)cccc2Cl)cc(CC)c1N. The van der Waals surface area contributed by atoms with Gasteiger partial charge in [0.2, 0.25) is 0 Å². The summed E-state index contributed by atoms with van der Waals surface area (Å²) in [5.41, 5.74) is 18.6. The quantitative estimate of drug-likeness (QED) is 0.266. The summed E-state index contributed by atoms with van der Waals surface area (Å²) < 4.78 is 0. The van der Waals surface area contributed by atoms with Gasteiger partial charge in [-0.05, 0) is 71.2 Å². The van der Waals surface area contributed by atoms with Crippen molar-refractivity contribution >= 4 is 34.6 Å². The number of hydrogen-bond donors (Lipinski definition) is 3. The van der Waals surface area contributed by atoms with Gasteiger partial charge >= 0.3 is 0 Å². The fourth-order valence-corrected chi connectivity index (χ4v) is 5.12. The first-order valence-electron chi connectivity index (χ1n) is 11.2. The number of nitrogens with two attached hydrogens (primary N) is 2. The van der Waals surface area contributed by atoms with Crippen molar-refractivity contribution < 1.29 is 5.11 Å². The Labute approximate surface area is 201 Å². The molecule has 32 heavy (non-hydrogen) atoms. The molecule has 3 aromatic carbocycles. The highest BCUT2D eigenvalue weighted by Gasteiger charge is 2.39. The minimum Gasteiger partial charge on any atom is -0.398 e. The minimum atomic E-state index is -1.57. The minimum absolute atomic E-state index is 0.404. The van der Waals surface area contributed by atoms with Gasteiger partial charge in [-0.15, -0.1) is 0 Å². The second-order valence-corrected chi connectivity index (χ2v) is 8.95. The molecule has 0 atom stereocenters. The van der Waals surface area contributed by atoms with Crippen LogP contribution >= 0.6 is 23.2 Å². The standard InChI is InChI=1S/C27H32Cl2N2O/c1-5-16-12-20(13-17(6-2)25(16)30)27(32,24-22(28)10-9-11-23(24)29)21-14-18(7-3)26(31)19(8-4)15-21/h9-15,32H,5-8,30-31H2,1-4H3. The lowest BCUT2D eigenvalue weighted by Gasteiger charge is -2.34. The molecule has 0 amide bonds. The molecule has 0 saturated carbocycles. The number of hydrogen-bond acceptors (Lipinski definition) is 3. The number of rotatable bonds is 7. The molecule has 5 heteroatoms. The second-order valence-electron chi connectivity index (χ2n) is 8.14. The van der Waals surface area contributed by atoms with Crippen LogP contribution in [0.15, 0.2) is 42.5 Å². The molecule has 0 unspecified atom stereocenters. The van der Waals surface area contributed by atoms with Crippen LogP contribution < -0.4 is 11.5 Å². The third-order valence-corrected chi connectivity index (χ3v) is 7.02. The lowest BCUT2D eigenvalue weighted by Crippen LogP contribution is -2.31. The predicted octanol–water partition coefficient (Wildman–Crippen LogP) is 6.69. The summed E-state index contributed by atoms with van der Waals surface area (Å²) in [6.07, 6.45) is 3.00. The highest BCUT2D eigenvalue weighted by Crippen LogP contribution is 2.46. The maximum atomic E-state index is 12.6. The number of nitrogen functional groups attached to an aromatic ring is 2. The van der Waals surface area contributed by atoms with Gasteiger partial charge in [-0.2, -0.15) is 0 Å². The molecule has 3 rings (SSSR count). The molecule has 0 radical (unpaired) electrons. The zero-order chi connectivity index (χ0) is 23.6. The molecule has 3 nitrogen and oxygen atoms in total. The molecule has 0 aromatic heterocycles. The molecule has 0 spiro atoms. The summed E-state index contributed by atoms with van der Waals surface area (Å²) in [5, 5.41) is 13.4. The number of aliphatic hydroxyl groups is 1. The molecule has 5 N–H and O–H groups in total. The number of halogens is 2. The van der Waals surface area contributed by atoms with E-state index in [0.29, 0.717) is 26.7 Å². The van der Waals surface area contributed by atoms with Crippen LogP contribution in [0.4, 0.5) is 11.4 Å². The molecule has 0 aliphatic heterocycles. The largest absolute Gasteiger partial charge is 0.398 e. The van der Waals surface area contributed by atoms with Crippen LogP contribution in [0.5, 0.6) is 0 Å². The van der Waals surface area contributed by atoms with Crippen LogP contribution in [-0.2, 0) is 31.3 Å². The van der Waals surface area contributed by atoms with Gasteiger partial charge in [-0.1, -0.05) is 81.2 Å². The molecule has 0 fully saturated rings. The van der Waals surface area contributed by atoms with E-state index in [1.54, 1.807) is 18.2 Å². The topological polar surface area (TPSA) is 72.3 Å². The first-order chi connectivity index (χ1) is 15.2. The lowest BCUT2D eigenvalue weighted by molar-refractivity contribution is 0.125.